The van der Waals surface area contributed by atoms with E-state index in [1.54, 1.807) is 0 Å². The van der Waals surface area contributed by atoms with E-state index in [1.807, 2.05) is 12.1 Å². The minimum Gasteiger partial charge on any atom is -0.456 e. The highest BCUT2D eigenvalue weighted by molar-refractivity contribution is 6.16. The van der Waals surface area contributed by atoms with Crippen molar-refractivity contribution < 1.29 is 18.3 Å². The van der Waals surface area contributed by atoms with Gasteiger partial charge in [0.05, 0.1) is 22.7 Å². The Morgan fingerprint density at radius 1 is 0.346 bits per heavy atom. The maximum atomic E-state index is 6.65. The minimum atomic E-state index is 0.773. The smallest absolute Gasteiger partial charge is 0.152 e. The van der Waals surface area contributed by atoms with Crippen molar-refractivity contribution in [1.29, 1.82) is 0 Å². The molecule has 0 saturated heterocycles. The molecule has 0 spiro atoms. The number of aryl methyl sites for hydroxylation is 4. The van der Waals surface area contributed by atoms with Crippen molar-refractivity contribution in [3.05, 3.63) is 144 Å². The highest BCUT2D eigenvalue weighted by Gasteiger charge is 2.30. The van der Waals surface area contributed by atoms with Crippen molar-refractivity contribution in [3.8, 4) is 23.0 Å². The van der Waals surface area contributed by atoms with Gasteiger partial charge in [0, 0.05) is 45.1 Å². The van der Waals surface area contributed by atoms with Gasteiger partial charge in [-0.2, -0.15) is 0 Å². The van der Waals surface area contributed by atoms with Gasteiger partial charge < -0.3 is 28.1 Å². The van der Waals surface area contributed by atoms with Crippen molar-refractivity contribution in [2.24, 2.45) is 0 Å². The van der Waals surface area contributed by atoms with Gasteiger partial charge in [0.25, 0.3) is 0 Å². The summed E-state index contributed by atoms with van der Waals surface area (Å²) >= 11 is 0. The molecule has 0 fully saturated rings. The molecule has 0 N–H and O–H groups in total. The van der Waals surface area contributed by atoms with E-state index in [0.29, 0.717) is 0 Å². The number of anilines is 6. The van der Waals surface area contributed by atoms with E-state index < -0.39 is 0 Å². The molecule has 0 saturated carbocycles. The summed E-state index contributed by atoms with van der Waals surface area (Å²) in [4.78, 5) is 4.52. The van der Waals surface area contributed by atoms with Crippen LogP contribution in [0.25, 0.3) is 43.9 Å². The van der Waals surface area contributed by atoms with Gasteiger partial charge in [-0.1, -0.05) is 36.4 Å². The number of ether oxygens (including phenoxy) is 2. The Bertz CT molecular complexity index is 2760. The second-order valence-electron chi connectivity index (χ2n) is 14.0. The molecule has 0 unspecified atom stereocenters. The summed E-state index contributed by atoms with van der Waals surface area (Å²) in [6.07, 6.45) is 0. The van der Waals surface area contributed by atoms with Crippen LogP contribution in [-0.2, 0) is 0 Å². The molecule has 0 bridgehead atoms. The van der Waals surface area contributed by atoms with Crippen LogP contribution in [0.15, 0.2) is 130 Å². The molecule has 2 aromatic heterocycles. The molecule has 7 aromatic carbocycles. The summed E-state index contributed by atoms with van der Waals surface area (Å²) in [7, 11) is 0. The van der Waals surface area contributed by atoms with E-state index in [-0.39, 0.29) is 0 Å². The molecule has 2 aliphatic rings. The van der Waals surface area contributed by atoms with Crippen molar-refractivity contribution in [3.63, 3.8) is 0 Å². The molecule has 250 valence electrons. The molecule has 0 aliphatic carbocycles. The lowest BCUT2D eigenvalue weighted by molar-refractivity contribution is 0.476. The number of hydrogen-bond acceptors (Lipinski definition) is 6. The number of hydrogen-bond donors (Lipinski definition) is 0. The summed E-state index contributed by atoms with van der Waals surface area (Å²) < 4.78 is 26.6. The standard InChI is InChI=1S/C46H32N2O4/c1-25-15-35-43(17-27(25)3)51-45-21-33-31-19-40-32(20-39(31)49-41(33)23-37(45)47(35)29-11-7-5-8-12-29)34-22-46-38(24-42(34)50-40)48(30-13-9-6-10-14-30)36-16-26(2)28(4)18-44(36)52-46/h5-24H,1-4H3. The minimum absolute atomic E-state index is 0.773. The fraction of sp³-hybridized carbons (Fsp3) is 0.0870. The van der Waals surface area contributed by atoms with Crippen LogP contribution in [0.1, 0.15) is 22.3 Å². The summed E-state index contributed by atoms with van der Waals surface area (Å²) in [6.45, 7) is 8.51. The first-order valence-corrected chi connectivity index (χ1v) is 17.6. The van der Waals surface area contributed by atoms with Crippen LogP contribution < -0.4 is 19.3 Å². The SMILES string of the molecule is Cc1cc2c(cc1C)N(c1ccccc1)c1cc3oc4cc5c(cc4c3cc1O2)oc1cc2c(cc15)Oc1cc(C)c(C)cc1N2c1ccccc1. The maximum absolute atomic E-state index is 6.65. The summed E-state index contributed by atoms with van der Waals surface area (Å²) in [5.74, 6) is 3.20. The quantitative estimate of drug-likeness (QED) is 0.182. The molecule has 52 heavy (non-hydrogen) atoms. The zero-order chi connectivity index (χ0) is 34.8. The third kappa shape index (κ3) is 4.12. The molecule has 9 aromatic rings. The number of furan rings is 2. The van der Waals surface area contributed by atoms with Crippen LogP contribution in [0, 0.1) is 27.7 Å². The summed E-state index contributed by atoms with van der Waals surface area (Å²) in [6, 6.07) is 42.1. The molecule has 0 radical (unpaired) electrons. The zero-order valence-electron chi connectivity index (χ0n) is 29.1. The van der Waals surface area contributed by atoms with Gasteiger partial charge in [0.15, 0.2) is 23.0 Å². The van der Waals surface area contributed by atoms with Gasteiger partial charge in [-0.15, -0.1) is 0 Å². The van der Waals surface area contributed by atoms with Crippen LogP contribution >= 0.6 is 0 Å². The first-order valence-electron chi connectivity index (χ1n) is 17.6. The average Bonchev–Trinajstić information content (AvgIpc) is 3.68. The highest BCUT2D eigenvalue weighted by Crippen LogP contribution is 2.55. The third-order valence-electron chi connectivity index (χ3n) is 10.8. The fourth-order valence-corrected chi connectivity index (χ4v) is 7.86. The van der Waals surface area contributed by atoms with Crippen LogP contribution in [0.3, 0.4) is 0 Å². The topological polar surface area (TPSA) is 51.2 Å². The average molecular weight is 677 g/mol. The van der Waals surface area contributed by atoms with Crippen molar-refractivity contribution in [2.45, 2.75) is 27.7 Å². The van der Waals surface area contributed by atoms with Crippen molar-refractivity contribution >= 4 is 78.0 Å². The van der Waals surface area contributed by atoms with Gasteiger partial charge in [0.2, 0.25) is 0 Å². The maximum Gasteiger partial charge on any atom is 0.152 e. The van der Waals surface area contributed by atoms with Crippen molar-refractivity contribution in [1.82, 2.24) is 0 Å². The Hall–Kier alpha value is -6.66. The number of nitrogens with zero attached hydrogens (tertiary/aromatic N) is 2. The van der Waals surface area contributed by atoms with Gasteiger partial charge in [0.1, 0.15) is 22.3 Å². The van der Waals surface area contributed by atoms with E-state index >= 15 is 0 Å². The summed E-state index contributed by atoms with van der Waals surface area (Å²) in [5, 5.41) is 3.87. The predicted molar refractivity (Wildman–Crippen MR) is 209 cm³/mol. The Morgan fingerprint density at radius 3 is 1.10 bits per heavy atom. The first-order chi connectivity index (χ1) is 25.4. The third-order valence-corrected chi connectivity index (χ3v) is 10.8. The highest BCUT2D eigenvalue weighted by atomic mass is 16.5. The lowest BCUT2D eigenvalue weighted by Gasteiger charge is -2.33. The molecule has 0 amide bonds. The lowest BCUT2D eigenvalue weighted by atomic mass is 10.0. The molecule has 4 heterocycles. The van der Waals surface area contributed by atoms with Crippen LogP contribution in [0.2, 0.25) is 0 Å². The lowest BCUT2D eigenvalue weighted by Crippen LogP contribution is -2.16. The molecule has 0 atom stereocenters. The van der Waals surface area contributed by atoms with E-state index in [1.165, 1.54) is 22.3 Å². The van der Waals surface area contributed by atoms with Crippen molar-refractivity contribution in [2.75, 3.05) is 9.80 Å². The van der Waals surface area contributed by atoms with E-state index in [2.05, 4.69) is 147 Å². The molecule has 6 heteroatoms. The second-order valence-corrected chi connectivity index (χ2v) is 14.0. The Labute approximate surface area is 299 Å². The fourth-order valence-electron chi connectivity index (χ4n) is 7.86. The molecule has 11 rings (SSSR count). The van der Waals surface area contributed by atoms with Gasteiger partial charge >= 0.3 is 0 Å². The largest absolute Gasteiger partial charge is 0.456 e. The van der Waals surface area contributed by atoms with E-state index in [0.717, 1.165) is 101 Å². The monoisotopic (exact) mass is 676 g/mol. The Balaban J connectivity index is 1.09. The first kappa shape index (κ1) is 29.1. The van der Waals surface area contributed by atoms with Gasteiger partial charge in [-0.25, -0.2) is 0 Å². The Kier molecular flexibility index (Phi) is 5.84. The zero-order valence-corrected chi connectivity index (χ0v) is 29.1. The Morgan fingerprint density at radius 2 is 0.673 bits per heavy atom. The molecule has 2 aliphatic heterocycles. The van der Waals surface area contributed by atoms with Gasteiger partial charge in [-0.05, 0) is 123 Å². The second kappa shape index (κ2) is 10.4. The predicted octanol–water partition coefficient (Wildman–Crippen LogP) is 13.9. The number of benzene rings is 7. The molecule has 6 nitrogen and oxygen atoms in total. The van der Waals surface area contributed by atoms with E-state index in [4.69, 9.17) is 18.3 Å². The van der Waals surface area contributed by atoms with Gasteiger partial charge in [-0.3, -0.25) is 0 Å². The van der Waals surface area contributed by atoms with Crippen LogP contribution in [0.5, 0.6) is 23.0 Å². The normalized spacial score (nSPS) is 13.2. The van der Waals surface area contributed by atoms with Crippen LogP contribution in [0.4, 0.5) is 34.1 Å². The summed E-state index contributed by atoms with van der Waals surface area (Å²) in [5.41, 5.74) is 13.9. The number of fused-ring (bicyclic) bond motifs is 10. The molecular formula is C46H32N2O4. The number of rotatable bonds is 2. The molecular weight excluding hydrogens is 645 g/mol. The number of para-hydroxylation sites is 2. The van der Waals surface area contributed by atoms with E-state index in [9.17, 15) is 0 Å². The van der Waals surface area contributed by atoms with Crippen LogP contribution in [-0.4, -0.2) is 0 Å².